The molecule has 5 nitrogen and oxygen atoms in total. The van der Waals surface area contributed by atoms with E-state index in [4.69, 9.17) is 15.9 Å². The number of nitrogens with two attached hydrogens (primary N) is 1. The zero-order chi connectivity index (χ0) is 18.5. The molecule has 0 saturated carbocycles. The molecule has 0 aromatic heterocycles. The summed E-state index contributed by atoms with van der Waals surface area (Å²) in [5.74, 6) is 6.08. The zero-order valence-electron chi connectivity index (χ0n) is 14.9. The number of aliphatic hydroxyl groups excluding tert-OH is 2. The van der Waals surface area contributed by atoms with Crippen LogP contribution in [0.25, 0.3) is 0 Å². The molecule has 2 aromatic carbocycles. The van der Waals surface area contributed by atoms with Crippen molar-refractivity contribution in [2.75, 3.05) is 13.2 Å². The predicted molar refractivity (Wildman–Crippen MR) is 106 cm³/mol. The number of nitrogens with zero attached hydrogens (tertiary/aromatic N) is 1. The lowest BCUT2D eigenvalue weighted by Crippen LogP contribution is -2.47. The first-order valence-corrected chi connectivity index (χ1v) is 8.59. The highest BCUT2D eigenvalue weighted by atomic mass is 35.5. The summed E-state index contributed by atoms with van der Waals surface area (Å²) in [5.41, 5.74) is 10.6. The predicted octanol–water partition coefficient (Wildman–Crippen LogP) is 1.20. The number of benzene rings is 2. The molecule has 142 valence electrons. The van der Waals surface area contributed by atoms with Crippen molar-refractivity contribution in [2.24, 2.45) is 5.73 Å². The number of halogens is 1. The Kier molecular flexibility index (Phi) is 7.40. The highest BCUT2D eigenvalue weighted by Crippen LogP contribution is 2.20. The van der Waals surface area contributed by atoms with E-state index in [9.17, 15) is 4.79 Å². The second kappa shape index (κ2) is 9.54. The second-order valence-corrected chi connectivity index (χ2v) is 6.39. The van der Waals surface area contributed by atoms with E-state index in [1.165, 1.54) is 5.56 Å². The Morgan fingerprint density at radius 1 is 1.07 bits per heavy atom. The summed E-state index contributed by atoms with van der Waals surface area (Å²) >= 11 is 0. The summed E-state index contributed by atoms with van der Waals surface area (Å²) in [6.07, 6.45) is 0.750. The van der Waals surface area contributed by atoms with Crippen molar-refractivity contribution < 1.29 is 15.0 Å². The van der Waals surface area contributed by atoms with Crippen molar-refractivity contribution in [3.8, 4) is 11.8 Å². The normalized spacial score (nSPS) is 13.7. The second-order valence-electron chi connectivity index (χ2n) is 6.39. The Labute approximate surface area is 165 Å². The smallest absolute Gasteiger partial charge is 0.242 e. The molecule has 1 unspecified atom stereocenters. The number of hydrogen-bond donors (Lipinski definition) is 3. The molecule has 1 aliphatic heterocycles. The fraction of sp³-hybridized carbons (Fsp3) is 0.286. The maximum absolute atomic E-state index is 12.1. The third-order valence-corrected chi connectivity index (χ3v) is 4.53. The van der Waals surface area contributed by atoms with Crippen molar-refractivity contribution in [3.63, 3.8) is 0 Å². The van der Waals surface area contributed by atoms with Gasteiger partial charge in [-0.25, -0.2) is 0 Å². The summed E-state index contributed by atoms with van der Waals surface area (Å²) in [6.45, 7) is 0.800. The van der Waals surface area contributed by atoms with Crippen LogP contribution in [0, 0.1) is 11.8 Å². The lowest BCUT2D eigenvalue weighted by molar-refractivity contribution is -0.134. The highest BCUT2D eigenvalue weighted by Gasteiger charge is 2.24. The minimum Gasteiger partial charge on any atom is -0.394 e. The van der Waals surface area contributed by atoms with Crippen LogP contribution in [0.5, 0.6) is 0 Å². The van der Waals surface area contributed by atoms with E-state index in [2.05, 4.69) is 17.9 Å². The molecule has 1 aliphatic rings. The van der Waals surface area contributed by atoms with E-state index >= 15 is 0 Å². The van der Waals surface area contributed by atoms with Crippen LogP contribution in [-0.4, -0.2) is 40.2 Å². The van der Waals surface area contributed by atoms with Crippen molar-refractivity contribution in [1.29, 1.82) is 0 Å². The Bertz CT molecular complexity index is 856. The largest absolute Gasteiger partial charge is 0.394 e. The Balaban J connectivity index is 0.00000261. The number of hydrogen-bond acceptors (Lipinski definition) is 4. The van der Waals surface area contributed by atoms with Crippen LogP contribution in [0.2, 0.25) is 0 Å². The number of rotatable bonds is 3. The van der Waals surface area contributed by atoms with Crippen molar-refractivity contribution in [1.82, 2.24) is 4.90 Å². The van der Waals surface area contributed by atoms with Gasteiger partial charge in [0.25, 0.3) is 0 Å². The van der Waals surface area contributed by atoms with Crippen molar-refractivity contribution in [2.45, 2.75) is 25.6 Å². The maximum atomic E-state index is 12.1. The number of amides is 1. The molecule has 0 fully saturated rings. The highest BCUT2D eigenvalue weighted by molar-refractivity contribution is 5.85. The Hall–Kier alpha value is -2.36. The minimum absolute atomic E-state index is 0. The van der Waals surface area contributed by atoms with Gasteiger partial charge in [0.2, 0.25) is 5.91 Å². The molecule has 4 N–H and O–H groups in total. The van der Waals surface area contributed by atoms with Gasteiger partial charge in [-0.05, 0) is 47.4 Å². The van der Waals surface area contributed by atoms with Gasteiger partial charge in [0.15, 0.2) is 0 Å². The molecule has 27 heavy (non-hydrogen) atoms. The van der Waals surface area contributed by atoms with Gasteiger partial charge < -0.3 is 20.8 Å². The van der Waals surface area contributed by atoms with E-state index in [0.717, 1.165) is 28.7 Å². The van der Waals surface area contributed by atoms with Gasteiger partial charge in [-0.2, -0.15) is 0 Å². The Morgan fingerprint density at radius 3 is 2.41 bits per heavy atom. The van der Waals surface area contributed by atoms with E-state index < -0.39 is 6.04 Å². The van der Waals surface area contributed by atoms with Crippen LogP contribution in [0.3, 0.4) is 0 Å². The fourth-order valence-corrected chi connectivity index (χ4v) is 2.97. The Morgan fingerprint density at radius 2 is 1.74 bits per heavy atom. The molecule has 0 bridgehead atoms. The van der Waals surface area contributed by atoms with Crippen LogP contribution in [0.1, 0.15) is 27.8 Å². The molecule has 0 spiro atoms. The molecule has 0 saturated heterocycles. The molecule has 1 amide bonds. The van der Waals surface area contributed by atoms with Gasteiger partial charge in [0.1, 0.15) is 6.04 Å². The number of carbonyl (C=O) groups excluding carboxylic acids is 1. The molecular weight excluding hydrogens is 364 g/mol. The first kappa shape index (κ1) is 20.9. The van der Waals surface area contributed by atoms with Gasteiger partial charge in [-0.3, -0.25) is 4.79 Å². The van der Waals surface area contributed by atoms with E-state index in [1.54, 1.807) is 4.90 Å². The van der Waals surface area contributed by atoms with E-state index in [-0.39, 0.29) is 31.5 Å². The van der Waals surface area contributed by atoms with Gasteiger partial charge in [-0.15, -0.1) is 12.4 Å². The van der Waals surface area contributed by atoms with Gasteiger partial charge in [-0.1, -0.05) is 30.0 Å². The molecular formula is C21H23ClN2O3. The average Bonchev–Trinajstić information content (AvgIpc) is 2.70. The van der Waals surface area contributed by atoms with Gasteiger partial charge >= 0.3 is 0 Å². The lowest BCUT2D eigenvalue weighted by atomic mass is 9.97. The quantitative estimate of drug-likeness (QED) is 0.692. The van der Waals surface area contributed by atoms with E-state index in [1.807, 2.05) is 36.4 Å². The molecule has 0 aliphatic carbocycles. The molecule has 1 atom stereocenters. The molecule has 3 rings (SSSR count). The molecule has 6 heteroatoms. The van der Waals surface area contributed by atoms with E-state index in [0.29, 0.717) is 13.1 Å². The van der Waals surface area contributed by atoms with Crippen molar-refractivity contribution in [3.05, 3.63) is 70.3 Å². The van der Waals surface area contributed by atoms with Gasteiger partial charge in [0.05, 0.1) is 13.2 Å². The van der Waals surface area contributed by atoms with Crippen LogP contribution in [0.15, 0.2) is 42.5 Å². The average molecular weight is 387 g/mol. The molecule has 1 heterocycles. The maximum Gasteiger partial charge on any atom is 0.242 e. The minimum atomic E-state index is -0.848. The van der Waals surface area contributed by atoms with Crippen LogP contribution < -0.4 is 5.73 Å². The summed E-state index contributed by atoms with van der Waals surface area (Å²) < 4.78 is 0. The first-order chi connectivity index (χ1) is 12.6. The number of aliphatic hydroxyl groups is 2. The summed E-state index contributed by atoms with van der Waals surface area (Å²) in [4.78, 5) is 13.8. The van der Waals surface area contributed by atoms with Gasteiger partial charge in [0, 0.05) is 24.2 Å². The topological polar surface area (TPSA) is 86.8 Å². The first-order valence-electron chi connectivity index (χ1n) is 8.59. The third-order valence-electron chi connectivity index (χ3n) is 4.53. The van der Waals surface area contributed by atoms with Crippen LogP contribution >= 0.6 is 12.4 Å². The number of fused-ring (bicyclic) bond motifs is 1. The molecule has 2 aromatic rings. The third kappa shape index (κ3) is 5.09. The summed E-state index contributed by atoms with van der Waals surface area (Å²) in [5, 5.41) is 18.1. The summed E-state index contributed by atoms with van der Waals surface area (Å²) in [7, 11) is 0. The molecule has 0 radical (unpaired) electrons. The van der Waals surface area contributed by atoms with Crippen molar-refractivity contribution >= 4 is 18.3 Å². The standard InChI is InChI=1S/C21H22N2O3.ClH/c22-20(14-25)21(26)23-10-9-18-11-16(7-8-19(18)12-23)4-1-15-2-5-17(13-24)6-3-15;/h2-3,5-8,11,20,24-25H,9-10,12-14,22H2;1H. The monoisotopic (exact) mass is 386 g/mol. The van der Waals surface area contributed by atoms with Crippen LogP contribution in [-0.2, 0) is 24.4 Å². The zero-order valence-corrected chi connectivity index (χ0v) is 15.7. The fourth-order valence-electron chi connectivity index (χ4n) is 2.97. The number of carbonyl (C=O) groups is 1. The lowest BCUT2D eigenvalue weighted by Gasteiger charge is -2.30. The van der Waals surface area contributed by atoms with Crippen LogP contribution in [0.4, 0.5) is 0 Å². The summed E-state index contributed by atoms with van der Waals surface area (Å²) in [6, 6.07) is 12.7. The SMILES string of the molecule is Cl.NC(CO)C(=O)N1CCc2cc(C#Cc3ccc(CO)cc3)ccc2C1.